The van der Waals surface area contributed by atoms with Gasteiger partial charge in [0.25, 0.3) is 0 Å². The van der Waals surface area contributed by atoms with E-state index >= 15 is 0 Å². The Hall–Kier alpha value is 0.970. The van der Waals surface area contributed by atoms with Gasteiger partial charge in [0.2, 0.25) is 5.43 Å². The Bertz CT molecular complexity index is 490. The van der Waals surface area contributed by atoms with E-state index in [9.17, 15) is 4.79 Å². The summed E-state index contributed by atoms with van der Waals surface area (Å²) in [7, 11) is 0. The van der Waals surface area contributed by atoms with Gasteiger partial charge in [0.1, 0.15) is 5.02 Å². The molecule has 0 saturated heterocycles. The zero-order valence-corrected chi connectivity index (χ0v) is 12.0. The number of thiol groups is 1. The van der Waals surface area contributed by atoms with Crippen LogP contribution in [0.15, 0.2) is 20.5 Å². The van der Waals surface area contributed by atoms with Crippen LogP contribution >= 0.6 is 46.9 Å². The van der Waals surface area contributed by atoms with Crippen molar-refractivity contribution in [1.29, 1.82) is 0 Å². The molecule has 0 aromatic carbocycles. The Morgan fingerprint density at radius 1 is 1.46 bits per heavy atom. The molecule has 0 saturated carbocycles. The Balaban J connectivity index is 0.000000845. The van der Waals surface area contributed by atoms with Gasteiger partial charge in [-0.15, -0.1) is 35.3 Å². The standard InChI is InChI=1S/C7H3ClOS3.Na/c8-4-5(9)6-3(1-2-11-6)12-7(4)10;/h1-2,10H;. The number of rotatable bonds is 0. The van der Waals surface area contributed by atoms with Crippen LogP contribution in [0.3, 0.4) is 0 Å². The molecule has 0 aliphatic heterocycles. The summed E-state index contributed by atoms with van der Waals surface area (Å²) in [6, 6.07) is 1.90. The van der Waals surface area contributed by atoms with Crippen LogP contribution in [0.4, 0.5) is 0 Å². The second-order valence-corrected chi connectivity index (χ2v) is 5.26. The molecule has 2 heterocycles. The van der Waals surface area contributed by atoms with Gasteiger partial charge < -0.3 is 0 Å². The molecule has 0 fully saturated rings. The SMILES string of the molecule is O=c1c(Cl)c(S)sc2ccsc12.[Na]. The van der Waals surface area contributed by atoms with Crippen LogP contribution in [-0.2, 0) is 0 Å². The molecule has 2 aromatic rings. The van der Waals surface area contributed by atoms with Crippen LogP contribution in [0.2, 0.25) is 5.02 Å². The average molecular weight is 258 g/mol. The van der Waals surface area contributed by atoms with E-state index in [2.05, 4.69) is 12.6 Å². The predicted molar refractivity (Wildman–Crippen MR) is 64.0 cm³/mol. The third kappa shape index (κ3) is 2.15. The van der Waals surface area contributed by atoms with Crippen molar-refractivity contribution < 1.29 is 0 Å². The van der Waals surface area contributed by atoms with Crippen molar-refractivity contribution in [3.05, 3.63) is 26.7 Å². The molecule has 0 aliphatic rings. The van der Waals surface area contributed by atoms with Crippen molar-refractivity contribution in [2.24, 2.45) is 0 Å². The van der Waals surface area contributed by atoms with Crippen molar-refractivity contribution in [3.63, 3.8) is 0 Å². The molecule has 0 amide bonds. The van der Waals surface area contributed by atoms with Crippen LogP contribution in [0.25, 0.3) is 9.40 Å². The Morgan fingerprint density at radius 2 is 2.15 bits per heavy atom. The molecule has 0 N–H and O–H groups in total. The van der Waals surface area contributed by atoms with Gasteiger partial charge in [-0.25, -0.2) is 0 Å². The van der Waals surface area contributed by atoms with E-state index < -0.39 is 0 Å². The number of hydrogen-bond donors (Lipinski definition) is 1. The normalized spacial score (nSPS) is 10.0. The minimum absolute atomic E-state index is 0. The summed E-state index contributed by atoms with van der Waals surface area (Å²) < 4.78 is 2.27. The van der Waals surface area contributed by atoms with Crippen LogP contribution in [0.1, 0.15) is 0 Å². The summed E-state index contributed by atoms with van der Waals surface area (Å²) in [5.74, 6) is 0. The minimum Gasteiger partial charge on any atom is -0.287 e. The monoisotopic (exact) mass is 257 g/mol. The van der Waals surface area contributed by atoms with Crippen molar-refractivity contribution in [2.75, 3.05) is 0 Å². The van der Waals surface area contributed by atoms with Crippen molar-refractivity contribution in [3.8, 4) is 0 Å². The van der Waals surface area contributed by atoms with Crippen molar-refractivity contribution in [1.82, 2.24) is 0 Å². The first-order valence-electron chi connectivity index (χ1n) is 3.09. The summed E-state index contributed by atoms with van der Waals surface area (Å²) in [4.78, 5) is 11.4. The Kier molecular flexibility index (Phi) is 4.32. The van der Waals surface area contributed by atoms with Crippen molar-refractivity contribution >= 4 is 85.9 Å². The molecular weight excluding hydrogens is 255 g/mol. The Morgan fingerprint density at radius 3 is 2.85 bits per heavy atom. The van der Waals surface area contributed by atoms with E-state index in [1.54, 1.807) is 0 Å². The maximum atomic E-state index is 11.4. The van der Waals surface area contributed by atoms with Crippen LogP contribution in [-0.4, -0.2) is 29.6 Å². The van der Waals surface area contributed by atoms with E-state index in [0.29, 0.717) is 4.21 Å². The molecule has 1 nitrogen and oxygen atoms in total. The molecule has 6 heteroatoms. The molecule has 1 radical (unpaired) electrons. The maximum Gasteiger partial charge on any atom is 0.217 e. The second-order valence-electron chi connectivity index (χ2n) is 2.16. The predicted octanol–water partition coefficient (Wildman–Crippen LogP) is 2.88. The molecule has 0 atom stereocenters. The minimum atomic E-state index is -0.106. The van der Waals surface area contributed by atoms with Gasteiger partial charge in [-0.05, 0) is 11.4 Å². The summed E-state index contributed by atoms with van der Waals surface area (Å²) in [6.45, 7) is 0. The fraction of sp³-hybridized carbons (Fsp3) is 0. The van der Waals surface area contributed by atoms with E-state index in [0.717, 1.165) is 9.40 Å². The maximum absolute atomic E-state index is 11.4. The van der Waals surface area contributed by atoms with Gasteiger partial charge >= 0.3 is 0 Å². The third-order valence-electron chi connectivity index (χ3n) is 1.43. The van der Waals surface area contributed by atoms with E-state index in [-0.39, 0.29) is 40.0 Å². The summed E-state index contributed by atoms with van der Waals surface area (Å²) in [5.41, 5.74) is -0.106. The topological polar surface area (TPSA) is 17.1 Å². The van der Waals surface area contributed by atoms with E-state index in [4.69, 9.17) is 11.6 Å². The fourth-order valence-electron chi connectivity index (χ4n) is 0.889. The molecular formula is C7H3ClNaOS3. The smallest absolute Gasteiger partial charge is 0.217 e. The third-order valence-corrected chi connectivity index (χ3v) is 4.53. The van der Waals surface area contributed by atoms with E-state index in [1.807, 2.05) is 11.4 Å². The van der Waals surface area contributed by atoms with Gasteiger partial charge in [0.05, 0.1) is 13.6 Å². The van der Waals surface area contributed by atoms with Gasteiger partial charge in [-0.1, -0.05) is 11.6 Å². The molecule has 0 spiro atoms. The molecule has 0 aliphatic carbocycles. The number of fused-ring (bicyclic) bond motifs is 1. The van der Waals surface area contributed by atoms with Gasteiger partial charge in [-0.3, -0.25) is 4.79 Å². The molecule has 63 valence electrons. The van der Waals surface area contributed by atoms with Gasteiger partial charge in [0, 0.05) is 29.6 Å². The van der Waals surface area contributed by atoms with Crippen molar-refractivity contribution in [2.45, 2.75) is 4.21 Å². The van der Waals surface area contributed by atoms with Gasteiger partial charge in [0.15, 0.2) is 0 Å². The van der Waals surface area contributed by atoms with Crippen LogP contribution in [0, 0.1) is 0 Å². The van der Waals surface area contributed by atoms with Crippen LogP contribution < -0.4 is 5.43 Å². The first kappa shape index (κ1) is 12.0. The number of thiophene rings is 1. The molecule has 0 bridgehead atoms. The summed E-state index contributed by atoms with van der Waals surface area (Å²) in [6.07, 6.45) is 0. The molecule has 2 rings (SSSR count). The molecule has 13 heavy (non-hydrogen) atoms. The number of halogens is 1. The Labute approximate surface area is 115 Å². The summed E-state index contributed by atoms with van der Waals surface area (Å²) >= 11 is 12.7. The summed E-state index contributed by atoms with van der Waals surface area (Å²) in [5, 5.41) is 2.12. The van der Waals surface area contributed by atoms with Crippen LogP contribution in [0.5, 0.6) is 0 Å². The largest absolute Gasteiger partial charge is 0.287 e. The zero-order chi connectivity index (χ0) is 8.72. The molecule has 0 unspecified atom stereocenters. The first-order valence-corrected chi connectivity index (χ1v) is 5.61. The first-order chi connectivity index (χ1) is 5.70. The fourth-order valence-corrected chi connectivity index (χ4v) is 3.35. The number of hydrogen-bond acceptors (Lipinski definition) is 4. The molecule has 2 aromatic heterocycles. The van der Waals surface area contributed by atoms with E-state index in [1.165, 1.54) is 22.7 Å². The second kappa shape index (κ2) is 4.66. The zero-order valence-electron chi connectivity index (χ0n) is 6.70. The average Bonchev–Trinajstić information content (AvgIpc) is 2.48. The quantitative estimate of drug-likeness (QED) is 0.567. The van der Waals surface area contributed by atoms with Gasteiger partial charge in [-0.2, -0.15) is 0 Å².